The maximum Gasteiger partial charge on any atom is 0.511 e. The zero-order valence-electron chi connectivity index (χ0n) is 9.46. The van der Waals surface area contributed by atoms with Crippen LogP contribution in [0.2, 0.25) is 5.54 Å². The van der Waals surface area contributed by atoms with Gasteiger partial charge in [-0.3, -0.25) is 0 Å². The Kier molecular flexibility index (Phi) is 3.66. The normalized spacial score (nSPS) is 18.4. The van der Waals surface area contributed by atoms with Crippen molar-refractivity contribution in [2.24, 2.45) is 0 Å². The summed E-state index contributed by atoms with van der Waals surface area (Å²) in [4.78, 5) is 0. The largest absolute Gasteiger partial charge is 0.511 e. The van der Waals surface area contributed by atoms with Crippen molar-refractivity contribution < 1.29 is 13.3 Å². The van der Waals surface area contributed by atoms with Crippen LogP contribution in [-0.2, 0) is 13.3 Å². The van der Waals surface area contributed by atoms with Gasteiger partial charge in [0.25, 0.3) is 0 Å². The molecule has 0 radical (unpaired) electrons. The molecular formula is C10H18O3Si. The minimum absolute atomic E-state index is 0.183. The van der Waals surface area contributed by atoms with E-state index in [2.05, 4.69) is 26.0 Å². The molecule has 0 bridgehead atoms. The lowest BCUT2D eigenvalue weighted by molar-refractivity contribution is 0.119. The van der Waals surface area contributed by atoms with Crippen LogP contribution in [0.4, 0.5) is 0 Å². The molecule has 0 atom stereocenters. The molecule has 0 unspecified atom stereocenters. The van der Waals surface area contributed by atoms with Crippen molar-refractivity contribution in [1.29, 1.82) is 0 Å². The summed E-state index contributed by atoms with van der Waals surface area (Å²) in [6.07, 6.45) is 4.19. The van der Waals surface area contributed by atoms with Crippen molar-refractivity contribution in [3.05, 3.63) is 23.3 Å². The van der Waals surface area contributed by atoms with E-state index < -0.39 is 8.80 Å². The molecular weight excluding hydrogens is 196 g/mol. The van der Waals surface area contributed by atoms with Crippen LogP contribution >= 0.6 is 0 Å². The van der Waals surface area contributed by atoms with E-state index >= 15 is 0 Å². The highest BCUT2D eigenvalue weighted by Crippen LogP contribution is 2.40. The highest BCUT2D eigenvalue weighted by Gasteiger charge is 2.49. The van der Waals surface area contributed by atoms with E-state index in [1.54, 1.807) is 21.3 Å². The van der Waals surface area contributed by atoms with Crippen molar-refractivity contribution in [3.63, 3.8) is 0 Å². The maximum absolute atomic E-state index is 5.47. The van der Waals surface area contributed by atoms with E-state index in [1.807, 2.05) is 0 Å². The molecule has 80 valence electrons. The Morgan fingerprint density at radius 3 is 1.57 bits per heavy atom. The Bertz CT molecular complexity index is 240. The third kappa shape index (κ3) is 1.70. The molecule has 0 saturated carbocycles. The highest BCUT2D eigenvalue weighted by atomic mass is 28.4. The van der Waals surface area contributed by atoms with Gasteiger partial charge < -0.3 is 13.3 Å². The molecule has 1 aliphatic rings. The molecule has 14 heavy (non-hydrogen) atoms. The Hall–Kier alpha value is -0.423. The van der Waals surface area contributed by atoms with Crippen LogP contribution in [0, 0.1) is 0 Å². The summed E-state index contributed by atoms with van der Waals surface area (Å²) in [7, 11) is 2.41. The first kappa shape index (κ1) is 11.7. The van der Waals surface area contributed by atoms with Crippen LogP contribution < -0.4 is 0 Å². The molecule has 0 aliphatic heterocycles. The summed E-state index contributed by atoms with van der Waals surface area (Å²) in [6, 6.07) is 0. The van der Waals surface area contributed by atoms with Gasteiger partial charge in [0.2, 0.25) is 0 Å². The van der Waals surface area contributed by atoms with Crippen molar-refractivity contribution in [2.45, 2.75) is 19.4 Å². The predicted molar refractivity (Wildman–Crippen MR) is 58.0 cm³/mol. The van der Waals surface area contributed by atoms with Gasteiger partial charge in [0.15, 0.2) is 0 Å². The molecule has 0 saturated heterocycles. The molecule has 3 nitrogen and oxygen atoms in total. The lowest BCUT2D eigenvalue weighted by Gasteiger charge is -2.31. The van der Waals surface area contributed by atoms with Gasteiger partial charge in [-0.1, -0.05) is 23.3 Å². The molecule has 4 heteroatoms. The van der Waals surface area contributed by atoms with Gasteiger partial charge in [-0.2, -0.15) is 0 Å². The quantitative estimate of drug-likeness (QED) is 0.671. The molecule has 0 heterocycles. The summed E-state index contributed by atoms with van der Waals surface area (Å²) in [5.41, 5.74) is 2.68. The van der Waals surface area contributed by atoms with Crippen LogP contribution in [0.25, 0.3) is 0 Å². The van der Waals surface area contributed by atoms with Crippen molar-refractivity contribution in [2.75, 3.05) is 21.3 Å². The van der Waals surface area contributed by atoms with Gasteiger partial charge in [-0.05, 0) is 13.8 Å². The van der Waals surface area contributed by atoms with Gasteiger partial charge in [0.05, 0.1) is 5.54 Å². The van der Waals surface area contributed by atoms with Crippen molar-refractivity contribution >= 4 is 8.80 Å². The summed E-state index contributed by atoms with van der Waals surface area (Å²) >= 11 is 0. The van der Waals surface area contributed by atoms with Gasteiger partial charge >= 0.3 is 8.80 Å². The fraction of sp³-hybridized carbons (Fsp3) is 0.600. The molecule has 0 fully saturated rings. The molecule has 0 aromatic rings. The Labute approximate surface area is 86.7 Å². The molecule has 0 amide bonds. The number of hydrogen-bond donors (Lipinski definition) is 0. The predicted octanol–water partition coefficient (Wildman–Crippen LogP) is 2.14. The van der Waals surface area contributed by atoms with E-state index in [0.717, 1.165) is 0 Å². The van der Waals surface area contributed by atoms with E-state index in [-0.39, 0.29) is 5.54 Å². The average Bonchev–Trinajstić information content (AvgIpc) is 2.53. The maximum atomic E-state index is 5.47. The topological polar surface area (TPSA) is 27.7 Å². The Morgan fingerprint density at radius 1 is 0.929 bits per heavy atom. The van der Waals surface area contributed by atoms with Gasteiger partial charge in [0.1, 0.15) is 0 Å². The summed E-state index contributed by atoms with van der Waals surface area (Å²) in [5, 5.41) is 0. The second kappa shape index (κ2) is 4.40. The zero-order chi connectivity index (χ0) is 10.8. The first-order chi connectivity index (χ1) is 6.61. The number of hydrogen-bond acceptors (Lipinski definition) is 3. The summed E-state index contributed by atoms with van der Waals surface area (Å²) in [5.74, 6) is 0. The van der Waals surface area contributed by atoms with Gasteiger partial charge in [-0.15, -0.1) is 0 Å². The molecule has 1 rings (SSSR count). The van der Waals surface area contributed by atoms with Crippen molar-refractivity contribution in [1.82, 2.24) is 0 Å². The van der Waals surface area contributed by atoms with E-state index in [1.165, 1.54) is 11.1 Å². The van der Waals surface area contributed by atoms with Crippen LogP contribution in [0.5, 0.6) is 0 Å². The third-order valence-electron chi connectivity index (χ3n) is 2.73. The average molecular weight is 214 g/mol. The van der Waals surface area contributed by atoms with Gasteiger partial charge in [-0.25, -0.2) is 0 Å². The lowest BCUT2D eigenvalue weighted by Crippen LogP contribution is -2.48. The molecule has 0 aromatic carbocycles. The van der Waals surface area contributed by atoms with Crippen LogP contribution in [-0.4, -0.2) is 30.1 Å². The van der Waals surface area contributed by atoms with Crippen LogP contribution in [0.3, 0.4) is 0 Å². The summed E-state index contributed by atoms with van der Waals surface area (Å²) < 4.78 is 16.4. The Morgan fingerprint density at radius 2 is 1.29 bits per heavy atom. The van der Waals surface area contributed by atoms with E-state index in [0.29, 0.717) is 0 Å². The fourth-order valence-electron chi connectivity index (χ4n) is 1.98. The minimum Gasteiger partial charge on any atom is -0.376 e. The zero-order valence-corrected chi connectivity index (χ0v) is 10.5. The first-order valence-corrected chi connectivity index (χ1v) is 6.42. The third-order valence-corrected chi connectivity index (χ3v) is 6.05. The lowest BCUT2D eigenvalue weighted by atomic mass is 10.2. The number of allylic oxidation sites excluding steroid dienone is 4. The van der Waals surface area contributed by atoms with Crippen molar-refractivity contribution in [3.8, 4) is 0 Å². The second-order valence-electron chi connectivity index (χ2n) is 3.47. The Balaban J connectivity index is 2.99. The second-order valence-corrected chi connectivity index (χ2v) is 6.48. The molecule has 0 N–H and O–H groups in total. The number of rotatable bonds is 4. The van der Waals surface area contributed by atoms with Gasteiger partial charge in [0, 0.05) is 21.3 Å². The smallest absolute Gasteiger partial charge is 0.376 e. The molecule has 0 aromatic heterocycles. The van der Waals surface area contributed by atoms with E-state index in [4.69, 9.17) is 13.3 Å². The van der Waals surface area contributed by atoms with Crippen LogP contribution in [0.1, 0.15) is 13.8 Å². The molecule has 0 spiro atoms. The molecule has 1 aliphatic carbocycles. The van der Waals surface area contributed by atoms with E-state index in [9.17, 15) is 0 Å². The highest BCUT2D eigenvalue weighted by molar-refractivity contribution is 6.64. The SMILES string of the molecule is CO[Si](OC)(OC)C1C(C)=CC=C1C. The standard InChI is InChI=1S/C10H18O3Si/c1-8-6-7-9(2)10(8)14(11-3,12-4)13-5/h6-7,10H,1-5H3. The summed E-state index contributed by atoms with van der Waals surface area (Å²) in [6.45, 7) is 4.16. The minimum atomic E-state index is -2.55. The monoisotopic (exact) mass is 214 g/mol. The van der Waals surface area contributed by atoms with Crippen LogP contribution in [0.15, 0.2) is 23.3 Å². The first-order valence-electron chi connectivity index (χ1n) is 4.61. The fourth-order valence-corrected chi connectivity index (χ4v) is 4.49.